The molecule has 2 atom stereocenters. The number of hydrogen-bond acceptors (Lipinski definition) is 4. The maximum absolute atomic E-state index is 13.6. The van der Waals surface area contributed by atoms with Gasteiger partial charge in [0.1, 0.15) is 18.2 Å². The normalized spacial score (nSPS) is 24.0. The molecule has 2 unspecified atom stereocenters. The Morgan fingerprint density at radius 2 is 2.29 bits per heavy atom. The van der Waals surface area contributed by atoms with Gasteiger partial charge >= 0.3 is 6.03 Å². The van der Waals surface area contributed by atoms with Gasteiger partial charge in [-0.1, -0.05) is 0 Å². The zero-order valence-corrected chi connectivity index (χ0v) is 13.8. The first-order chi connectivity index (χ1) is 11.6. The number of amides is 2. The van der Waals surface area contributed by atoms with Gasteiger partial charge in [-0.05, 0) is 31.9 Å². The molecule has 1 aromatic carbocycles. The van der Waals surface area contributed by atoms with E-state index in [-0.39, 0.29) is 18.2 Å². The second-order valence-electron chi connectivity index (χ2n) is 6.14. The van der Waals surface area contributed by atoms with Crippen LogP contribution in [0, 0.1) is 5.82 Å². The van der Waals surface area contributed by atoms with E-state index >= 15 is 0 Å². The van der Waals surface area contributed by atoms with Crippen molar-refractivity contribution in [2.75, 3.05) is 38.2 Å². The van der Waals surface area contributed by atoms with Crippen molar-refractivity contribution in [1.29, 1.82) is 0 Å². The van der Waals surface area contributed by atoms with Crippen LogP contribution in [0.2, 0.25) is 0 Å². The van der Waals surface area contributed by atoms with Gasteiger partial charge in [-0.3, -0.25) is 0 Å². The smallest absolute Gasteiger partial charge is 0.322 e. The maximum Gasteiger partial charge on any atom is 0.322 e. The highest BCUT2D eigenvalue weighted by atomic mass is 19.1. The molecule has 0 spiro atoms. The molecule has 7 heteroatoms. The highest BCUT2D eigenvalue weighted by Crippen LogP contribution is 2.27. The van der Waals surface area contributed by atoms with Crippen LogP contribution in [0.1, 0.15) is 19.8 Å². The maximum atomic E-state index is 13.6. The number of carbonyl (C=O) groups is 1. The molecule has 0 aromatic heterocycles. The first-order valence-corrected chi connectivity index (χ1v) is 8.33. The predicted octanol–water partition coefficient (Wildman–Crippen LogP) is 2.64. The van der Waals surface area contributed by atoms with Crippen molar-refractivity contribution in [1.82, 2.24) is 4.90 Å². The molecule has 1 aromatic rings. The predicted molar refractivity (Wildman–Crippen MR) is 86.9 cm³/mol. The van der Waals surface area contributed by atoms with Gasteiger partial charge in [0, 0.05) is 25.8 Å². The minimum absolute atomic E-state index is 0.00718. The van der Waals surface area contributed by atoms with E-state index in [0.29, 0.717) is 37.7 Å². The highest BCUT2D eigenvalue weighted by Gasteiger charge is 2.23. The minimum Gasteiger partial charge on any atom is -0.489 e. The van der Waals surface area contributed by atoms with Gasteiger partial charge in [0.25, 0.3) is 0 Å². The summed E-state index contributed by atoms with van der Waals surface area (Å²) in [5.41, 5.74) is 0.331. The molecule has 2 aliphatic rings. The van der Waals surface area contributed by atoms with Crippen LogP contribution in [-0.2, 0) is 9.47 Å². The largest absolute Gasteiger partial charge is 0.489 e. The Bertz CT molecular complexity index is 578. The fourth-order valence-corrected chi connectivity index (χ4v) is 2.88. The molecule has 132 valence electrons. The molecule has 0 saturated carbocycles. The summed E-state index contributed by atoms with van der Waals surface area (Å²) < 4.78 is 30.3. The lowest BCUT2D eigenvalue weighted by Crippen LogP contribution is -2.46. The lowest BCUT2D eigenvalue weighted by Gasteiger charge is -2.31. The third kappa shape index (κ3) is 4.36. The molecular formula is C17H23FN2O4. The fraction of sp³-hybridized carbons (Fsp3) is 0.588. The van der Waals surface area contributed by atoms with Gasteiger partial charge in [-0.25, -0.2) is 9.18 Å². The number of ether oxygens (including phenoxy) is 3. The Hall–Kier alpha value is -1.86. The Morgan fingerprint density at radius 1 is 1.42 bits per heavy atom. The van der Waals surface area contributed by atoms with Crippen molar-refractivity contribution < 1.29 is 23.4 Å². The van der Waals surface area contributed by atoms with Crippen molar-refractivity contribution >= 4 is 11.7 Å². The number of nitrogens with one attached hydrogen (secondary N) is 1. The van der Waals surface area contributed by atoms with Crippen LogP contribution in [0.5, 0.6) is 5.75 Å². The number of benzene rings is 1. The molecule has 2 amide bonds. The number of morpholine rings is 1. The van der Waals surface area contributed by atoms with Crippen LogP contribution in [0.15, 0.2) is 18.2 Å². The minimum atomic E-state index is -0.426. The van der Waals surface area contributed by atoms with E-state index in [1.807, 2.05) is 6.92 Å². The van der Waals surface area contributed by atoms with Crippen molar-refractivity contribution in [2.45, 2.75) is 32.0 Å². The zero-order chi connectivity index (χ0) is 16.9. The molecule has 0 radical (unpaired) electrons. The summed E-state index contributed by atoms with van der Waals surface area (Å²) in [6, 6.07) is 3.84. The number of anilines is 1. The summed E-state index contributed by atoms with van der Waals surface area (Å²) in [6.07, 6.45) is 2.02. The zero-order valence-electron chi connectivity index (χ0n) is 13.8. The lowest BCUT2D eigenvalue weighted by atomic mass is 10.2. The third-order valence-corrected chi connectivity index (χ3v) is 4.16. The SMILES string of the molecule is CC1CN(C(=O)Nc2cc(F)ccc2OCC2CCCO2)CCO1. The Morgan fingerprint density at radius 3 is 3.04 bits per heavy atom. The molecule has 2 fully saturated rings. The van der Waals surface area contributed by atoms with E-state index in [9.17, 15) is 9.18 Å². The summed E-state index contributed by atoms with van der Waals surface area (Å²) in [4.78, 5) is 14.0. The third-order valence-electron chi connectivity index (χ3n) is 4.16. The average Bonchev–Trinajstić information content (AvgIpc) is 3.07. The van der Waals surface area contributed by atoms with Crippen molar-refractivity contribution in [3.8, 4) is 5.75 Å². The second-order valence-corrected chi connectivity index (χ2v) is 6.14. The fourth-order valence-electron chi connectivity index (χ4n) is 2.88. The van der Waals surface area contributed by atoms with E-state index in [2.05, 4.69) is 5.32 Å². The van der Waals surface area contributed by atoms with Gasteiger partial charge in [0.2, 0.25) is 0 Å². The van der Waals surface area contributed by atoms with Gasteiger partial charge in [-0.2, -0.15) is 0 Å². The lowest BCUT2D eigenvalue weighted by molar-refractivity contribution is -0.00139. The number of carbonyl (C=O) groups excluding carboxylic acids is 1. The van der Waals surface area contributed by atoms with Crippen LogP contribution in [0.25, 0.3) is 0 Å². The van der Waals surface area contributed by atoms with Crippen LogP contribution < -0.4 is 10.1 Å². The van der Waals surface area contributed by atoms with E-state index in [0.717, 1.165) is 19.4 Å². The number of halogens is 1. The Balaban J connectivity index is 1.64. The number of hydrogen-bond donors (Lipinski definition) is 1. The first-order valence-electron chi connectivity index (χ1n) is 8.33. The highest BCUT2D eigenvalue weighted by molar-refractivity contribution is 5.91. The number of nitrogens with zero attached hydrogens (tertiary/aromatic N) is 1. The van der Waals surface area contributed by atoms with Gasteiger partial charge in [-0.15, -0.1) is 0 Å². The summed E-state index contributed by atoms with van der Waals surface area (Å²) in [5.74, 6) is 0.0201. The molecule has 3 rings (SSSR count). The molecule has 0 aliphatic carbocycles. The molecule has 2 heterocycles. The van der Waals surface area contributed by atoms with Crippen LogP contribution in [0.4, 0.5) is 14.9 Å². The van der Waals surface area contributed by atoms with E-state index in [1.54, 1.807) is 4.90 Å². The van der Waals surface area contributed by atoms with E-state index in [1.165, 1.54) is 18.2 Å². The summed E-state index contributed by atoms with van der Waals surface area (Å²) in [6.45, 7) is 4.57. The monoisotopic (exact) mass is 338 g/mol. The summed E-state index contributed by atoms with van der Waals surface area (Å²) >= 11 is 0. The molecule has 6 nitrogen and oxygen atoms in total. The van der Waals surface area contributed by atoms with Crippen molar-refractivity contribution in [3.63, 3.8) is 0 Å². The Kier molecular flexibility index (Phi) is 5.52. The average molecular weight is 338 g/mol. The topological polar surface area (TPSA) is 60.0 Å². The Labute approximate surface area is 140 Å². The molecule has 1 N–H and O–H groups in total. The molecule has 2 aliphatic heterocycles. The molecule has 2 saturated heterocycles. The van der Waals surface area contributed by atoms with Crippen LogP contribution in [-0.4, -0.2) is 56.0 Å². The number of rotatable bonds is 4. The standard InChI is InChI=1S/C17H23FN2O4/c1-12-10-20(6-8-22-12)17(21)19-15-9-13(18)4-5-16(15)24-11-14-3-2-7-23-14/h4-5,9,12,14H,2-3,6-8,10-11H2,1H3,(H,19,21). The number of urea groups is 1. The first kappa shape index (κ1) is 17.0. The van der Waals surface area contributed by atoms with E-state index < -0.39 is 5.82 Å². The van der Waals surface area contributed by atoms with Crippen molar-refractivity contribution in [3.05, 3.63) is 24.0 Å². The van der Waals surface area contributed by atoms with Crippen LogP contribution in [0.3, 0.4) is 0 Å². The molecular weight excluding hydrogens is 315 g/mol. The van der Waals surface area contributed by atoms with Gasteiger partial charge in [0.05, 0.1) is 24.5 Å². The van der Waals surface area contributed by atoms with E-state index in [4.69, 9.17) is 14.2 Å². The summed E-state index contributed by atoms with van der Waals surface area (Å²) in [7, 11) is 0. The van der Waals surface area contributed by atoms with Gasteiger partial charge < -0.3 is 24.4 Å². The van der Waals surface area contributed by atoms with Crippen LogP contribution >= 0.6 is 0 Å². The quantitative estimate of drug-likeness (QED) is 0.917. The van der Waals surface area contributed by atoms with Gasteiger partial charge in [0.15, 0.2) is 0 Å². The summed E-state index contributed by atoms with van der Waals surface area (Å²) in [5, 5.41) is 2.74. The second kappa shape index (κ2) is 7.81. The molecule has 0 bridgehead atoms. The van der Waals surface area contributed by atoms with Crippen molar-refractivity contribution in [2.24, 2.45) is 0 Å². The molecule has 24 heavy (non-hydrogen) atoms.